The van der Waals surface area contributed by atoms with Gasteiger partial charge in [-0.3, -0.25) is 13.9 Å². The number of carbonyl (C=O) groups is 2. The first-order valence-corrected chi connectivity index (χ1v) is 15.3. The smallest absolute Gasteiger partial charge is 0.242 e. The van der Waals surface area contributed by atoms with Gasteiger partial charge in [-0.1, -0.05) is 55.1 Å². The summed E-state index contributed by atoms with van der Waals surface area (Å²) in [5, 5.41) is 3.64. The van der Waals surface area contributed by atoms with Crippen molar-refractivity contribution < 1.29 is 22.7 Å². The molecular formula is C28H38ClN3O5S. The number of nitrogens with one attached hydrogen (secondary N) is 1. The predicted molar refractivity (Wildman–Crippen MR) is 151 cm³/mol. The Balaban J connectivity index is 1.73. The van der Waals surface area contributed by atoms with Crippen LogP contribution in [0.3, 0.4) is 0 Å². The van der Waals surface area contributed by atoms with Gasteiger partial charge in [-0.05, 0) is 49.9 Å². The Morgan fingerprint density at radius 2 is 1.82 bits per heavy atom. The van der Waals surface area contributed by atoms with E-state index in [9.17, 15) is 18.0 Å². The highest BCUT2D eigenvalue weighted by Gasteiger charge is 2.29. The highest BCUT2D eigenvalue weighted by atomic mass is 35.5. The third kappa shape index (κ3) is 8.36. The molecule has 1 atom stereocenters. The van der Waals surface area contributed by atoms with Crippen LogP contribution in [-0.2, 0) is 26.2 Å². The number of rotatable bonds is 12. The van der Waals surface area contributed by atoms with Crippen LogP contribution in [0.1, 0.15) is 57.4 Å². The van der Waals surface area contributed by atoms with E-state index in [1.54, 1.807) is 37.3 Å². The average molecular weight is 564 g/mol. The van der Waals surface area contributed by atoms with E-state index >= 15 is 0 Å². The molecule has 8 nitrogen and oxygen atoms in total. The molecule has 0 aliphatic heterocycles. The number of halogens is 1. The molecule has 1 aliphatic rings. The molecule has 2 amide bonds. The van der Waals surface area contributed by atoms with E-state index in [1.165, 1.54) is 22.7 Å². The molecule has 10 heteroatoms. The fourth-order valence-corrected chi connectivity index (χ4v) is 5.88. The summed E-state index contributed by atoms with van der Waals surface area (Å²) < 4.78 is 31.6. The number of sulfonamides is 1. The summed E-state index contributed by atoms with van der Waals surface area (Å²) in [6, 6.07) is 13.5. The SMILES string of the molecule is COc1cccc(N(CCCC(=O)N(Cc2ccccc2Cl)[C@@H](C)C(=O)NC2CCCCC2)S(C)(=O)=O)c1. The molecule has 0 heterocycles. The second-order valence-electron chi connectivity index (χ2n) is 9.77. The van der Waals surface area contributed by atoms with Crippen LogP contribution in [0.4, 0.5) is 5.69 Å². The Kier molecular flexibility index (Phi) is 10.8. The van der Waals surface area contributed by atoms with Crippen LogP contribution in [0.25, 0.3) is 0 Å². The highest BCUT2D eigenvalue weighted by molar-refractivity contribution is 7.92. The minimum absolute atomic E-state index is 0.0709. The lowest BCUT2D eigenvalue weighted by Gasteiger charge is -2.31. The van der Waals surface area contributed by atoms with E-state index in [2.05, 4.69) is 5.32 Å². The van der Waals surface area contributed by atoms with Gasteiger partial charge in [-0.15, -0.1) is 0 Å². The summed E-state index contributed by atoms with van der Waals surface area (Å²) in [5.74, 6) is 0.109. The normalized spacial score (nSPS) is 14.9. The van der Waals surface area contributed by atoms with Crippen LogP contribution in [0.5, 0.6) is 5.75 Å². The van der Waals surface area contributed by atoms with Gasteiger partial charge in [0.25, 0.3) is 0 Å². The first kappa shape index (κ1) is 29.8. The van der Waals surface area contributed by atoms with Gasteiger partial charge in [0.2, 0.25) is 21.8 Å². The summed E-state index contributed by atoms with van der Waals surface area (Å²) in [6.07, 6.45) is 6.73. The Morgan fingerprint density at radius 1 is 1.11 bits per heavy atom. The first-order valence-electron chi connectivity index (χ1n) is 13.0. The third-order valence-electron chi connectivity index (χ3n) is 6.91. The number of amides is 2. The van der Waals surface area contributed by atoms with Crippen molar-refractivity contribution >= 4 is 39.1 Å². The van der Waals surface area contributed by atoms with Crippen molar-refractivity contribution in [2.45, 2.75) is 70.5 Å². The molecular weight excluding hydrogens is 526 g/mol. The monoisotopic (exact) mass is 563 g/mol. The number of ether oxygens (including phenoxy) is 1. The number of carbonyl (C=O) groups excluding carboxylic acids is 2. The lowest BCUT2D eigenvalue weighted by Crippen LogP contribution is -2.50. The molecule has 1 fully saturated rings. The van der Waals surface area contributed by atoms with E-state index < -0.39 is 16.1 Å². The third-order valence-corrected chi connectivity index (χ3v) is 8.47. The second-order valence-corrected chi connectivity index (χ2v) is 12.1. The molecule has 208 valence electrons. The summed E-state index contributed by atoms with van der Waals surface area (Å²) >= 11 is 6.38. The zero-order valence-corrected chi connectivity index (χ0v) is 23.9. The minimum atomic E-state index is -3.59. The van der Waals surface area contributed by atoms with Crippen molar-refractivity contribution in [1.82, 2.24) is 10.2 Å². The standard InChI is InChI=1S/C28H38ClN3O5S/c1-21(28(34)30-23-12-5-4-6-13-23)31(20-22-11-7-8-16-26(22)29)27(33)17-10-18-32(38(3,35)36)24-14-9-15-25(19-24)37-2/h7-9,11,14-16,19,21,23H,4-6,10,12-13,17-18,20H2,1-3H3,(H,30,34)/t21-/m0/s1. The van der Waals surface area contributed by atoms with Gasteiger partial charge in [0, 0.05) is 36.6 Å². The molecule has 1 saturated carbocycles. The minimum Gasteiger partial charge on any atom is -0.497 e. The molecule has 1 aliphatic carbocycles. The van der Waals surface area contributed by atoms with E-state index in [-0.39, 0.29) is 43.8 Å². The van der Waals surface area contributed by atoms with Crippen molar-refractivity contribution in [3.05, 3.63) is 59.1 Å². The molecule has 38 heavy (non-hydrogen) atoms. The Morgan fingerprint density at radius 3 is 2.47 bits per heavy atom. The topological polar surface area (TPSA) is 96.0 Å². The number of hydrogen-bond acceptors (Lipinski definition) is 5. The maximum absolute atomic E-state index is 13.5. The number of methoxy groups -OCH3 is 1. The molecule has 0 spiro atoms. The van der Waals surface area contributed by atoms with E-state index in [0.29, 0.717) is 16.5 Å². The summed E-state index contributed by atoms with van der Waals surface area (Å²) in [4.78, 5) is 28.2. The first-order chi connectivity index (χ1) is 18.1. The quantitative estimate of drug-likeness (QED) is 0.401. The van der Waals surface area contributed by atoms with Gasteiger partial charge in [0.1, 0.15) is 11.8 Å². The maximum atomic E-state index is 13.5. The van der Waals surface area contributed by atoms with E-state index in [0.717, 1.165) is 37.5 Å². The number of anilines is 1. The molecule has 1 N–H and O–H groups in total. The second kappa shape index (κ2) is 13.8. The largest absolute Gasteiger partial charge is 0.497 e. The van der Waals surface area contributed by atoms with Crippen LogP contribution < -0.4 is 14.4 Å². The van der Waals surface area contributed by atoms with Gasteiger partial charge in [0.05, 0.1) is 19.1 Å². The van der Waals surface area contributed by atoms with Gasteiger partial charge < -0.3 is 15.0 Å². The number of nitrogens with zero attached hydrogens (tertiary/aromatic N) is 2. The molecule has 0 saturated heterocycles. The average Bonchev–Trinajstić information content (AvgIpc) is 2.90. The lowest BCUT2D eigenvalue weighted by molar-refractivity contribution is -0.141. The predicted octanol–water partition coefficient (Wildman–Crippen LogP) is 4.76. The Hall–Kier alpha value is -2.78. The number of hydrogen-bond donors (Lipinski definition) is 1. The Bertz CT molecular complexity index is 1200. The van der Waals surface area contributed by atoms with Crippen molar-refractivity contribution in [2.24, 2.45) is 0 Å². The van der Waals surface area contributed by atoms with Crippen molar-refractivity contribution in [3.63, 3.8) is 0 Å². The maximum Gasteiger partial charge on any atom is 0.242 e. The van der Waals surface area contributed by atoms with Crippen LogP contribution >= 0.6 is 11.6 Å². The van der Waals surface area contributed by atoms with Crippen molar-refractivity contribution in [1.29, 1.82) is 0 Å². The van der Waals surface area contributed by atoms with Gasteiger partial charge in [-0.2, -0.15) is 0 Å². The number of benzene rings is 2. The lowest BCUT2D eigenvalue weighted by atomic mass is 9.95. The molecule has 2 aromatic carbocycles. The summed E-state index contributed by atoms with van der Waals surface area (Å²) in [7, 11) is -2.07. The molecule has 3 rings (SSSR count). The van der Waals surface area contributed by atoms with E-state index in [1.807, 2.05) is 18.2 Å². The molecule has 0 bridgehead atoms. The zero-order valence-electron chi connectivity index (χ0n) is 22.4. The molecule has 2 aromatic rings. The van der Waals surface area contributed by atoms with Gasteiger partial charge in [-0.25, -0.2) is 8.42 Å². The highest BCUT2D eigenvalue weighted by Crippen LogP contribution is 2.25. The van der Waals surface area contributed by atoms with Crippen LogP contribution in [0, 0.1) is 0 Å². The van der Waals surface area contributed by atoms with Gasteiger partial charge in [0.15, 0.2) is 0 Å². The summed E-state index contributed by atoms with van der Waals surface area (Å²) in [5.41, 5.74) is 1.21. The van der Waals surface area contributed by atoms with E-state index in [4.69, 9.17) is 16.3 Å². The summed E-state index contributed by atoms with van der Waals surface area (Å²) in [6.45, 7) is 2.02. The van der Waals surface area contributed by atoms with Crippen molar-refractivity contribution in [2.75, 3.05) is 24.2 Å². The Labute approximate surface area is 231 Å². The van der Waals surface area contributed by atoms with Crippen LogP contribution in [-0.4, -0.2) is 57.1 Å². The van der Waals surface area contributed by atoms with Crippen LogP contribution in [0.2, 0.25) is 5.02 Å². The molecule has 0 radical (unpaired) electrons. The molecule has 0 unspecified atom stereocenters. The fourth-order valence-electron chi connectivity index (χ4n) is 4.73. The van der Waals surface area contributed by atoms with Gasteiger partial charge >= 0.3 is 0 Å². The van der Waals surface area contributed by atoms with Crippen molar-refractivity contribution in [3.8, 4) is 5.75 Å². The molecule has 0 aromatic heterocycles. The fraction of sp³-hybridized carbons (Fsp3) is 0.500. The zero-order chi connectivity index (χ0) is 27.7. The van der Waals surface area contributed by atoms with Crippen LogP contribution in [0.15, 0.2) is 48.5 Å².